The van der Waals surface area contributed by atoms with E-state index in [1.54, 1.807) is 13.8 Å². The summed E-state index contributed by atoms with van der Waals surface area (Å²) >= 11 is 0. The van der Waals surface area contributed by atoms with Crippen LogP contribution in [0.15, 0.2) is 53.4 Å². The Labute approximate surface area is 166 Å². The lowest BCUT2D eigenvalue weighted by Crippen LogP contribution is -2.44. The minimum absolute atomic E-state index is 0.0943. The molecule has 0 heterocycles. The van der Waals surface area contributed by atoms with Crippen LogP contribution in [0.5, 0.6) is 0 Å². The van der Waals surface area contributed by atoms with Crippen molar-refractivity contribution in [3.8, 4) is 0 Å². The lowest BCUT2D eigenvalue weighted by molar-refractivity contribution is -0.137. The fourth-order valence-electron chi connectivity index (χ4n) is 2.55. The number of carbonyl (C=O) groups excluding carboxylic acids is 1. The van der Waals surface area contributed by atoms with Gasteiger partial charge < -0.3 is 5.32 Å². The maximum absolute atomic E-state index is 13.0. The Morgan fingerprint density at radius 1 is 1.07 bits per heavy atom. The smallest absolute Gasteiger partial charge is 0.325 e. The Morgan fingerprint density at radius 3 is 2.24 bits per heavy atom. The van der Waals surface area contributed by atoms with Gasteiger partial charge in [-0.05, 0) is 54.8 Å². The molecule has 0 unspecified atom stereocenters. The van der Waals surface area contributed by atoms with Crippen molar-refractivity contribution in [1.29, 1.82) is 0 Å². The molecule has 0 aliphatic carbocycles. The molecule has 0 fully saturated rings. The van der Waals surface area contributed by atoms with Gasteiger partial charge in [-0.2, -0.15) is 17.9 Å². The number of alkyl halides is 3. The summed E-state index contributed by atoms with van der Waals surface area (Å²) in [5, 5.41) is 2.32. The maximum Gasteiger partial charge on any atom is 0.416 e. The summed E-state index contributed by atoms with van der Waals surface area (Å²) in [6.45, 7) is 3.52. The van der Waals surface area contributed by atoms with Crippen LogP contribution in [0.1, 0.15) is 25.8 Å². The minimum Gasteiger partial charge on any atom is -0.325 e. The van der Waals surface area contributed by atoms with Gasteiger partial charge in [-0.15, -0.1) is 0 Å². The van der Waals surface area contributed by atoms with Gasteiger partial charge in [0.1, 0.15) is 11.9 Å². The van der Waals surface area contributed by atoms with Gasteiger partial charge in [0.2, 0.25) is 15.9 Å². The highest BCUT2D eigenvalue weighted by molar-refractivity contribution is 7.89. The van der Waals surface area contributed by atoms with Crippen molar-refractivity contribution in [3.63, 3.8) is 0 Å². The van der Waals surface area contributed by atoms with Crippen molar-refractivity contribution in [1.82, 2.24) is 4.72 Å². The average Bonchev–Trinajstić information content (AvgIpc) is 2.60. The number of hydrogen-bond acceptors (Lipinski definition) is 3. The number of halogens is 4. The second-order valence-electron chi connectivity index (χ2n) is 6.83. The highest BCUT2D eigenvalue weighted by atomic mass is 32.2. The fourth-order valence-corrected chi connectivity index (χ4v) is 3.76. The molecule has 0 aliphatic rings. The third kappa shape index (κ3) is 6.53. The standard InChI is InChI=1S/C19H20F4N2O3S/c1-12(2)10-17(25-29(27,28)16-8-6-14(20)7-9-16)18(26)24-15-5-3-4-13(11-15)19(21,22)23/h3-9,11-12,17,25H,10H2,1-2H3,(H,24,26)/t17-/m0/s1. The van der Waals surface area contributed by atoms with Gasteiger partial charge >= 0.3 is 6.18 Å². The zero-order valence-corrected chi connectivity index (χ0v) is 16.4. The Morgan fingerprint density at radius 2 is 1.69 bits per heavy atom. The zero-order valence-electron chi connectivity index (χ0n) is 15.6. The second-order valence-corrected chi connectivity index (χ2v) is 8.54. The Hall–Kier alpha value is -2.46. The van der Waals surface area contributed by atoms with Crippen LogP contribution < -0.4 is 10.0 Å². The third-order valence-corrected chi connectivity index (χ3v) is 5.39. The molecule has 0 saturated heterocycles. The zero-order chi connectivity index (χ0) is 21.8. The molecular weight excluding hydrogens is 412 g/mol. The summed E-state index contributed by atoms with van der Waals surface area (Å²) in [5.41, 5.74) is -1.05. The molecule has 10 heteroatoms. The number of amides is 1. The molecule has 0 radical (unpaired) electrons. The molecule has 2 rings (SSSR count). The Kier molecular flexibility index (Phi) is 7.02. The molecule has 1 amide bonds. The van der Waals surface area contributed by atoms with Gasteiger partial charge in [0, 0.05) is 5.69 Å². The van der Waals surface area contributed by atoms with Crippen LogP contribution in [-0.2, 0) is 21.0 Å². The predicted octanol–water partition coefficient (Wildman–Crippen LogP) is 4.18. The average molecular weight is 432 g/mol. The van der Waals surface area contributed by atoms with Gasteiger partial charge in [0.25, 0.3) is 0 Å². The molecule has 0 aliphatic heterocycles. The normalized spacial score (nSPS) is 13.3. The van der Waals surface area contributed by atoms with E-state index in [1.165, 1.54) is 6.07 Å². The Balaban J connectivity index is 2.23. The molecule has 2 N–H and O–H groups in total. The predicted molar refractivity (Wildman–Crippen MR) is 100 cm³/mol. The molecule has 2 aromatic rings. The first-order chi connectivity index (χ1) is 13.4. The molecule has 5 nitrogen and oxygen atoms in total. The van der Waals surface area contributed by atoms with E-state index in [9.17, 15) is 30.8 Å². The van der Waals surface area contributed by atoms with Crippen molar-refractivity contribution in [2.24, 2.45) is 5.92 Å². The van der Waals surface area contributed by atoms with Gasteiger partial charge in [-0.3, -0.25) is 4.79 Å². The maximum atomic E-state index is 13.0. The van der Waals surface area contributed by atoms with Gasteiger partial charge in [-0.25, -0.2) is 12.8 Å². The van der Waals surface area contributed by atoms with Gasteiger partial charge in [0.15, 0.2) is 0 Å². The molecule has 2 aromatic carbocycles. The second kappa shape index (κ2) is 8.91. The van der Waals surface area contributed by atoms with E-state index in [-0.39, 0.29) is 22.9 Å². The minimum atomic E-state index is -4.58. The number of carbonyl (C=O) groups is 1. The summed E-state index contributed by atoms with van der Waals surface area (Å²) in [4.78, 5) is 12.4. The number of sulfonamides is 1. The molecule has 0 saturated carbocycles. The van der Waals surface area contributed by atoms with Crippen LogP contribution in [0.25, 0.3) is 0 Å². The summed E-state index contributed by atoms with van der Waals surface area (Å²) in [6, 6.07) is 6.83. The van der Waals surface area contributed by atoms with Crippen molar-refractivity contribution in [3.05, 3.63) is 59.9 Å². The highest BCUT2D eigenvalue weighted by Gasteiger charge is 2.31. The Bertz CT molecular complexity index is 958. The van der Waals surface area contributed by atoms with Crippen molar-refractivity contribution >= 4 is 21.6 Å². The van der Waals surface area contributed by atoms with Crippen LogP contribution in [-0.4, -0.2) is 20.4 Å². The van der Waals surface area contributed by atoms with Crippen LogP contribution >= 0.6 is 0 Å². The first-order valence-corrected chi connectivity index (χ1v) is 10.1. The number of rotatable bonds is 7. The van der Waals surface area contributed by atoms with Crippen molar-refractivity contribution in [2.45, 2.75) is 37.4 Å². The van der Waals surface area contributed by atoms with E-state index < -0.39 is 39.5 Å². The van der Waals surface area contributed by atoms with E-state index >= 15 is 0 Å². The highest BCUT2D eigenvalue weighted by Crippen LogP contribution is 2.30. The summed E-state index contributed by atoms with van der Waals surface area (Å²) in [6.07, 6.45) is -4.48. The SMILES string of the molecule is CC(C)C[C@H](NS(=O)(=O)c1ccc(F)cc1)C(=O)Nc1cccc(C(F)(F)F)c1. The first-order valence-electron chi connectivity index (χ1n) is 8.64. The number of benzene rings is 2. The monoisotopic (exact) mass is 432 g/mol. The van der Waals surface area contributed by atoms with E-state index in [2.05, 4.69) is 10.0 Å². The van der Waals surface area contributed by atoms with Crippen LogP contribution in [0.3, 0.4) is 0 Å². The first kappa shape index (κ1) is 22.8. The fraction of sp³-hybridized carbons (Fsp3) is 0.316. The molecule has 0 aromatic heterocycles. The molecule has 1 atom stereocenters. The quantitative estimate of drug-likeness (QED) is 0.645. The van der Waals surface area contributed by atoms with E-state index in [1.807, 2.05) is 0 Å². The molecule has 0 bridgehead atoms. The summed E-state index contributed by atoms with van der Waals surface area (Å²) in [5.74, 6) is -1.52. The summed E-state index contributed by atoms with van der Waals surface area (Å²) < 4.78 is 78.8. The third-order valence-electron chi connectivity index (χ3n) is 3.90. The van der Waals surface area contributed by atoms with E-state index in [0.29, 0.717) is 0 Å². The van der Waals surface area contributed by atoms with Crippen molar-refractivity contribution < 1.29 is 30.8 Å². The van der Waals surface area contributed by atoms with Crippen LogP contribution in [0.4, 0.5) is 23.2 Å². The van der Waals surface area contributed by atoms with E-state index in [0.717, 1.165) is 42.5 Å². The molecular formula is C19H20F4N2O3S. The number of nitrogens with one attached hydrogen (secondary N) is 2. The van der Waals surface area contributed by atoms with E-state index in [4.69, 9.17) is 0 Å². The van der Waals surface area contributed by atoms with Crippen molar-refractivity contribution in [2.75, 3.05) is 5.32 Å². The lowest BCUT2D eigenvalue weighted by Gasteiger charge is -2.20. The van der Waals surface area contributed by atoms with Crippen LogP contribution in [0, 0.1) is 11.7 Å². The topological polar surface area (TPSA) is 75.3 Å². The molecule has 158 valence electrons. The summed E-state index contributed by atoms with van der Waals surface area (Å²) in [7, 11) is -4.15. The largest absolute Gasteiger partial charge is 0.416 e. The lowest BCUT2D eigenvalue weighted by atomic mass is 10.0. The number of anilines is 1. The molecule has 0 spiro atoms. The number of hydrogen-bond donors (Lipinski definition) is 2. The van der Waals surface area contributed by atoms with Gasteiger partial charge in [-0.1, -0.05) is 19.9 Å². The molecule has 29 heavy (non-hydrogen) atoms. The van der Waals surface area contributed by atoms with Gasteiger partial charge in [0.05, 0.1) is 10.5 Å². The van der Waals surface area contributed by atoms with Crippen LogP contribution in [0.2, 0.25) is 0 Å².